The zero-order valence-corrected chi connectivity index (χ0v) is 12.5. The first-order valence-corrected chi connectivity index (χ1v) is 8.82. The Morgan fingerprint density at radius 1 is 1.25 bits per heavy atom. The zero-order valence-electron chi connectivity index (χ0n) is 10.9. The number of hydrogen-bond donors (Lipinski definition) is 1. The van der Waals surface area contributed by atoms with Crippen LogP contribution in [0, 0.1) is 0 Å². The minimum absolute atomic E-state index is 0.186. The highest BCUT2D eigenvalue weighted by Gasteiger charge is 2.36. The van der Waals surface area contributed by atoms with Crippen LogP contribution in [0.5, 0.6) is 0 Å². The van der Waals surface area contributed by atoms with Crippen LogP contribution >= 0.6 is 11.3 Å². The molecular formula is C14H16N2O2S2. The van der Waals surface area contributed by atoms with Gasteiger partial charge in [-0.3, -0.25) is 4.31 Å². The van der Waals surface area contributed by atoms with Crippen molar-refractivity contribution in [2.75, 3.05) is 17.4 Å². The van der Waals surface area contributed by atoms with Gasteiger partial charge in [0.1, 0.15) is 4.21 Å². The molecule has 6 heteroatoms. The Morgan fingerprint density at radius 3 is 2.75 bits per heavy atom. The van der Waals surface area contributed by atoms with Crippen molar-refractivity contribution in [3.8, 4) is 0 Å². The third-order valence-electron chi connectivity index (χ3n) is 3.59. The second-order valence-electron chi connectivity index (χ2n) is 4.80. The maximum Gasteiger partial charge on any atom is 0.273 e. The highest BCUT2D eigenvalue weighted by Crippen LogP contribution is 2.41. The molecule has 1 aliphatic rings. The lowest BCUT2D eigenvalue weighted by Gasteiger charge is -2.18. The van der Waals surface area contributed by atoms with E-state index in [-0.39, 0.29) is 5.92 Å². The van der Waals surface area contributed by atoms with Crippen molar-refractivity contribution in [2.24, 2.45) is 5.73 Å². The predicted molar refractivity (Wildman–Crippen MR) is 81.7 cm³/mol. The molecule has 4 nitrogen and oxygen atoms in total. The lowest BCUT2D eigenvalue weighted by Crippen LogP contribution is -2.29. The molecule has 2 heterocycles. The quantitative estimate of drug-likeness (QED) is 0.943. The molecule has 0 saturated heterocycles. The van der Waals surface area contributed by atoms with E-state index in [2.05, 4.69) is 0 Å². The Hall–Kier alpha value is -1.37. The molecule has 2 aromatic rings. The molecule has 1 aromatic carbocycles. The van der Waals surface area contributed by atoms with E-state index in [4.69, 9.17) is 5.73 Å². The van der Waals surface area contributed by atoms with Gasteiger partial charge in [0.05, 0.1) is 5.69 Å². The van der Waals surface area contributed by atoms with Gasteiger partial charge in [0.15, 0.2) is 0 Å². The Labute approximate surface area is 122 Å². The summed E-state index contributed by atoms with van der Waals surface area (Å²) in [4.78, 5) is 0. The van der Waals surface area contributed by atoms with Crippen molar-refractivity contribution in [1.29, 1.82) is 0 Å². The Balaban J connectivity index is 2.05. The van der Waals surface area contributed by atoms with Crippen LogP contribution < -0.4 is 10.0 Å². The summed E-state index contributed by atoms with van der Waals surface area (Å²) in [6.45, 7) is 1.04. The molecule has 1 aliphatic heterocycles. The monoisotopic (exact) mass is 308 g/mol. The number of anilines is 1. The molecule has 3 rings (SSSR count). The van der Waals surface area contributed by atoms with Gasteiger partial charge in [0.25, 0.3) is 10.0 Å². The summed E-state index contributed by atoms with van der Waals surface area (Å²) in [7, 11) is -3.45. The molecular weight excluding hydrogens is 292 g/mol. The number of nitrogens with two attached hydrogens (primary N) is 1. The molecule has 1 atom stereocenters. The topological polar surface area (TPSA) is 63.4 Å². The van der Waals surface area contributed by atoms with Crippen LogP contribution in [-0.2, 0) is 10.0 Å². The third kappa shape index (κ3) is 2.13. The Bertz CT molecular complexity index is 696. The zero-order chi connectivity index (χ0) is 14.2. The first kappa shape index (κ1) is 13.6. The van der Waals surface area contributed by atoms with Crippen LogP contribution in [0.3, 0.4) is 0 Å². The summed E-state index contributed by atoms with van der Waals surface area (Å²) in [6.07, 6.45) is 0.799. The molecule has 1 aromatic heterocycles. The fourth-order valence-electron chi connectivity index (χ4n) is 2.65. The van der Waals surface area contributed by atoms with Crippen LogP contribution in [0.1, 0.15) is 17.9 Å². The van der Waals surface area contributed by atoms with E-state index in [1.807, 2.05) is 24.3 Å². The number of rotatable bonds is 4. The molecule has 20 heavy (non-hydrogen) atoms. The minimum atomic E-state index is -3.45. The van der Waals surface area contributed by atoms with Crippen LogP contribution in [0.15, 0.2) is 46.0 Å². The third-order valence-corrected chi connectivity index (χ3v) is 6.74. The fraction of sp³-hybridized carbons (Fsp3) is 0.286. The molecule has 0 amide bonds. The van der Waals surface area contributed by atoms with Gasteiger partial charge < -0.3 is 5.73 Å². The molecule has 106 valence electrons. The first-order chi connectivity index (χ1) is 9.64. The van der Waals surface area contributed by atoms with Gasteiger partial charge in [-0.15, -0.1) is 11.3 Å². The van der Waals surface area contributed by atoms with Crippen LogP contribution in [-0.4, -0.2) is 21.5 Å². The second-order valence-corrected chi connectivity index (χ2v) is 7.84. The first-order valence-electron chi connectivity index (χ1n) is 6.50. The van der Waals surface area contributed by atoms with Gasteiger partial charge in [-0.05, 0) is 36.0 Å². The number of para-hydroxylation sites is 1. The van der Waals surface area contributed by atoms with E-state index in [1.54, 1.807) is 17.5 Å². The molecule has 0 spiro atoms. The van der Waals surface area contributed by atoms with Gasteiger partial charge in [0, 0.05) is 12.5 Å². The van der Waals surface area contributed by atoms with Gasteiger partial charge >= 0.3 is 0 Å². The smallest absolute Gasteiger partial charge is 0.273 e. The van der Waals surface area contributed by atoms with Crippen LogP contribution in [0.25, 0.3) is 0 Å². The lowest BCUT2D eigenvalue weighted by molar-refractivity contribution is 0.588. The van der Waals surface area contributed by atoms with Crippen molar-refractivity contribution in [1.82, 2.24) is 0 Å². The summed E-state index contributed by atoms with van der Waals surface area (Å²) in [5, 5.41) is 1.78. The van der Waals surface area contributed by atoms with E-state index in [9.17, 15) is 8.42 Å². The highest BCUT2D eigenvalue weighted by molar-refractivity contribution is 7.94. The molecule has 0 radical (unpaired) electrons. The molecule has 0 aliphatic carbocycles. The van der Waals surface area contributed by atoms with E-state index >= 15 is 0 Å². The highest BCUT2D eigenvalue weighted by atomic mass is 32.2. The number of sulfonamides is 1. The van der Waals surface area contributed by atoms with Crippen LogP contribution in [0.4, 0.5) is 5.69 Å². The summed E-state index contributed by atoms with van der Waals surface area (Å²) in [6, 6.07) is 11.1. The summed E-state index contributed by atoms with van der Waals surface area (Å²) >= 11 is 1.25. The molecule has 2 N–H and O–H groups in total. The minimum Gasteiger partial charge on any atom is -0.330 e. The van der Waals surface area contributed by atoms with Crippen molar-refractivity contribution in [3.05, 3.63) is 47.3 Å². The number of hydrogen-bond acceptors (Lipinski definition) is 4. The van der Waals surface area contributed by atoms with E-state index in [0.717, 1.165) is 17.7 Å². The SMILES string of the molecule is NCCC1CN(S(=O)(=O)c2cccs2)c2ccccc21. The molecule has 0 saturated carbocycles. The van der Waals surface area contributed by atoms with Crippen LogP contribution in [0.2, 0.25) is 0 Å². The molecule has 0 fully saturated rings. The average Bonchev–Trinajstić information content (AvgIpc) is 3.08. The second kappa shape index (κ2) is 5.20. The van der Waals surface area contributed by atoms with Gasteiger partial charge in [-0.2, -0.15) is 0 Å². The van der Waals surface area contributed by atoms with Gasteiger partial charge in [0.2, 0.25) is 0 Å². The Kier molecular flexibility index (Phi) is 3.54. The summed E-state index contributed by atoms with van der Waals surface area (Å²) in [5.74, 6) is 0.186. The maximum atomic E-state index is 12.7. The van der Waals surface area contributed by atoms with E-state index in [1.165, 1.54) is 15.6 Å². The number of benzene rings is 1. The van der Waals surface area contributed by atoms with Crippen molar-refractivity contribution in [2.45, 2.75) is 16.5 Å². The van der Waals surface area contributed by atoms with Gasteiger partial charge in [-0.1, -0.05) is 24.3 Å². The predicted octanol–water partition coefficient (Wildman–Crippen LogP) is 2.39. The number of thiophene rings is 1. The van der Waals surface area contributed by atoms with Crippen molar-refractivity contribution < 1.29 is 8.42 Å². The maximum absolute atomic E-state index is 12.7. The molecule has 1 unspecified atom stereocenters. The van der Waals surface area contributed by atoms with E-state index < -0.39 is 10.0 Å². The lowest BCUT2D eigenvalue weighted by atomic mass is 9.98. The summed E-state index contributed by atoms with van der Waals surface area (Å²) < 4.78 is 27.3. The number of fused-ring (bicyclic) bond motifs is 1. The molecule has 0 bridgehead atoms. The fourth-order valence-corrected chi connectivity index (χ4v) is 5.29. The number of nitrogens with zero attached hydrogens (tertiary/aromatic N) is 1. The van der Waals surface area contributed by atoms with E-state index in [0.29, 0.717) is 17.3 Å². The summed E-state index contributed by atoms with van der Waals surface area (Å²) in [5.41, 5.74) is 7.52. The normalized spacial score (nSPS) is 18.2. The standard InChI is InChI=1S/C14H16N2O2S2/c15-8-7-11-10-16(13-5-2-1-4-12(11)13)20(17,18)14-6-3-9-19-14/h1-6,9,11H,7-8,10,15H2. The largest absolute Gasteiger partial charge is 0.330 e. The van der Waals surface area contributed by atoms with Gasteiger partial charge in [-0.25, -0.2) is 8.42 Å². The van der Waals surface area contributed by atoms with Crippen molar-refractivity contribution in [3.63, 3.8) is 0 Å². The van der Waals surface area contributed by atoms with Crippen molar-refractivity contribution >= 4 is 27.0 Å². The average molecular weight is 308 g/mol. The Morgan fingerprint density at radius 2 is 2.05 bits per heavy atom.